The maximum Gasteiger partial charge on any atom is 0.501 e. The minimum absolute atomic E-state index is 0.540. The summed E-state index contributed by atoms with van der Waals surface area (Å²) in [5.41, 5.74) is 2.17. The van der Waals surface area contributed by atoms with E-state index in [0.29, 0.717) is 33.0 Å². The molecular formula is C28H44O5Si. The Morgan fingerprint density at radius 2 is 1.26 bits per heavy atom. The molecule has 6 heteroatoms. The highest BCUT2D eigenvalue weighted by Gasteiger charge is 2.39. The summed E-state index contributed by atoms with van der Waals surface area (Å²) in [5.74, 6) is 1.61. The van der Waals surface area contributed by atoms with E-state index < -0.39 is 8.80 Å². The molecule has 0 spiro atoms. The van der Waals surface area contributed by atoms with Gasteiger partial charge in [-0.05, 0) is 45.2 Å². The Bertz CT molecular complexity index is 767. The Hall–Kier alpha value is -1.86. The maximum absolute atomic E-state index is 6.38. The Labute approximate surface area is 208 Å². The Morgan fingerprint density at radius 3 is 1.91 bits per heavy atom. The van der Waals surface area contributed by atoms with Crippen LogP contribution in [-0.2, 0) is 13.3 Å². The predicted octanol–water partition coefficient (Wildman–Crippen LogP) is 7.52. The highest BCUT2D eigenvalue weighted by atomic mass is 28.4. The SMILES string of the molecule is CCCCCCCOc1cccc(-c2ccccc2)c1OCCC[Si](OCC)(OCC)OCC. The number of hydrogen-bond donors (Lipinski definition) is 0. The quantitative estimate of drug-likeness (QED) is 0.151. The van der Waals surface area contributed by atoms with Crippen molar-refractivity contribution in [2.75, 3.05) is 33.0 Å². The van der Waals surface area contributed by atoms with Crippen molar-refractivity contribution in [3.8, 4) is 22.6 Å². The van der Waals surface area contributed by atoms with Crippen LogP contribution in [0.25, 0.3) is 11.1 Å². The minimum atomic E-state index is -2.67. The van der Waals surface area contributed by atoms with E-state index in [0.717, 1.165) is 41.5 Å². The summed E-state index contributed by atoms with van der Waals surface area (Å²) in [7, 11) is -2.67. The van der Waals surface area contributed by atoms with Crippen molar-refractivity contribution >= 4 is 8.80 Å². The van der Waals surface area contributed by atoms with Crippen LogP contribution in [0.4, 0.5) is 0 Å². The zero-order valence-electron chi connectivity index (χ0n) is 21.6. The summed E-state index contributed by atoms with van der Waals surface area (Å²) in [5, 5.41) is 0. The predicted molar refractivity (Wildman–Crippen MR) is 142 cm³/mol. The van der Waals surface area contributed by atoms with E-state index >= 15 is 0 Å². The van der Waals surface area contributed by atoms with E-state index in [2.05, 4.69) is 25.1 Å². The van der Waals surface area contributed by atoms with Crippen LogP contribution in [0.1, 0.15) is 66.2 Å². The van der Waals surface area contributed by atoms with Crippen LogP contribution in [0, 0.1) is 0 Å². The summed E-state index contributed by atoms with van der Waals surface area (Å²) in [4.78, 5) is 0. The summed E-state index contributed by atoms with van der Waals surface area (Å²) in [6.45, 7) is 11.2. The molecule has 0 N–H and O–H groups in total. The average Bonchev–Trinajstić information content (AvgIpc) is 2.85. The highest BCUT2D eigenvalue weighted by Crippen LogP contribution is 2.38. The van der Waals surface area contributed by atoms with Crippen LogP contribution >= 0.6 is 0 Å². The Morgan fingerprint density at radius 1 is 0.618 bits per heavy atom. The van der Waals surface area contributed by atoms with Gasteiger partial charge in [0, 0.05) is 31.4 Å². The fraction of sp³-hybridized carbons (Fsp3) is 0.571. The molecule has 0 aromatic heterocycles. The molecule has 0 fully saturated rings. The lowest BCUT2D eigenvalue weighted by Crippen LogP contribution is -2.46. The molecule has 0 atom stereocenters. The van der Waals surface area contributed by atoms with Crippen LogP contribution in [-0.4, -0.2) is 41.8 Å². The second-order valence-electron chi connectivity index (χ2n) is 8.20. The first-order chi connectivity index (χ1) is 16.7. The lowest BCUT2D eigenvalue weighted by Gasteiger charge is -2.28. The molecule has 0 amide bonds. The number of unbranched alkanes of at least 4 members (excludes halogenated alkanes) is 4. The molecule has 0 aliphatic carbocycles. The molecule has 0 aliphatic heterocycles. The Kier molecular flexibility index (Phi) is 13.9. The number of hydrogen-bond acceptors (Lipinski definition) is 5. The monoisotopic (exact) mass is 488 g/mol. The molecule has 0 saturated carbocycles. The normalized spacial score (nSPS) is 11.5. The number of rotatable bonds is 19. The van der Waals surface area contributed by atoms with Gasteiger partial charge >= 0.3 is 8.80 Å². The van der Waals surface area contributed by atoms with E-state index in [1.807, 2.05) is 51.1 Å². The van der Waals surface area contributed by atoms with Crippen molar-refractivity contribution < 1.29 is 22.8 Å². The molecule has 2 aromatic rings. The fourth-order valence-electron chi connectivity index (χ4n) is 3.98. The first-order valence-electron chi connectivity index (χ1n) is 13.1. The number of ether oxygens (including phenoxy) is 2. The van der Waals surface area contributed by atoms with Crippen LogP contribution in [0.15, 0.2) is 48.5 Å². The second kappa shape index (κ2) is 16.7. The van der Waals surface area contributed by atoms with Gasteiger partial charge in [0.25, 0.3) is 0 Å². The third-order valence-electron chi connectivity index (χ3n) is 5.54. The first kappa shape index (κ1) is 28.4. The van der Waals surface area contributed by atoms with Crippen LogP contribution in [0.2, 0.25) is 6.04 Å². The highest BCUT2D eigenvalue weighted by molar-refractivity contribution is 6.60. The van der Waals surface area contributed by atoms with Crippen molar-refractivity contribution in [3.05, 3.63) is 48.5 Å². The van der Waals surface area contributed by atoms with E-state index in [-0.39, 0.29) is 0 Å². The third kappa shape index (κ3) is 9.41. The van der Waals surface area contributed by atoms with Crippen LogP contribution in [0.3, 0.4) is 0 Å². The molecule has 190 valence electrons. The van der Waals surface area contributed by atoms with Crippen molar-refractivity contribution in [1.82, 2.24) is 0 Å². The standard InChI is InChI=1S/C28H44O5Si/c1-5-9-10-11-15-22-29-27-21-16-20-26(25-18-13-12-14-19-25)28(27)30-23-17-24-34(31-6-2,32-7-3)33-8-4/h12-14,16,18-21H,5-11,15,17,22-24H2,1-4H3. The van der Waals surface area contributed by atoms with Gasteiger partial charge in [-0.2, -0.15) is 0 Å². The zero-order chi connectivity index (χ0) is 24.5. The molecule has 2 aromatic carbocycles. The lowest BCUT2D eigenvalue weighted by atomic mass is 10.0. The summed E-state index contributed by atoms with van der Waals surface area (Å²) < 4.78 is 30.5. The van der Waals surface area contributed by atoms with Gasteiger partial charge < -0.3 is 22.8 Å². The second-order valence-corrected chi connectivity index (χ2v) is 10.9. The van der Waals surface area contributed by atoms with Gasteiger partial charge in [-0.3, -0.25) is 0 Å². The molecule has 2 rings (SSSR count). The summed E-state index contributed by atoms with van der Waals surface area (Å²) in [6, 6.07) is 17.2. The molecule has 0 radical (unpaired) electrons. The van der Waals surface area contributed by atoms with Crippen molar-refractivity contribution in [3.63, 3.8) is 0 Å². The van der Waals surface area contributed by atoms with Crippen LogP contribution in [0.5, 0.6) is 11.5 Å². The van der Waals surface area contributed by atoms with E-state index in [1.54, 1.807) is 0 Å². The zero-order valence-corrected chi connectivity index (χ0v) is 22.6. The third-order valence-corrected chi connectivity index (χ3v) is 8.69. The van der Waals surface area contributed by atoms with Gasteiger partial charge in [-0.15, -0.1) is 0 Å². The first-order valence-corrected chi connectivity index (χ1v) is 15.0. The topological polar surface area (TPSA) is 46.2 Å². The van der Waals surface area contributed by atoms with Gasteiger partial charge in [0.15, 0.2) is 11.5 Å². The van der Waals surface area contributed by atoms with Gasteiger partial charge in [-0.25, -0.2) is 0 Å². The smallest absolute Gasteiger partial charge is 0.490 e. The summed E-state index contributed by atoms with van der Waals surface area (Å²) in [6.07, 6.45) is 6.83. The van der Waals surface area contributed by atoms with E-state index in [9.17, 15) is 0 Å². The maximum atomic E-state index is 6.38. The molecule has 0 saturated heterocycles. The Balaban J connectivity index is 2.09. The van der Waals surface area contributed by atoms with Gasteiger partial charge in [0.1, 0.15) is 0 Å². The summed E-state index contributed by atoms with van der Waals surface area (Å²) >= 11 is 0. The lowest BCUT2D eigenvalue weighted by molar-refractivity contribution is 0.0696. The molecule has 0 heterocycles. The van der Waals surface area contributed by atoms with Crippen LogP contribution < -0.4 is 9.47 Å². The molecule has 0 bridgehead atoms. The molecular weight excluding hydrogens is 444 g/mol. The van der Waals surface area contributed by atoms with Crippen molar-refractivity contribution in [2.24, 2.45) is 0 Å². The van der Waals surface area contributed by atoms with E-state index in [1.165, 1.54) is 25.7 Å². The van der Waals surface area contributed by atoms with Gasteiger partial charge in [0.2, 0.25) is 0 Å². The number of para-hydroxylation sites is 1. The van der Waals surface area contributed by atoms with Gasteiger partial charge in [-0.1, -0.05) is 75.1 Å². The molecule has 0 aliphatic rings. The average molecular weight is 489 g/mol. The minimum Gasteiger partial charge on any atom is -0.490 e. The number of benzene rings is 2. The van der Waals surface area contributed by atoms with E-state index in [4.69, 9.17) is 22.8 Å². The molecule has 34 heavy (non-hydrogen) atoms. The van der Waals surface area contributed by atoms with Crippen molar-refractivity contribution in [2.45, 2.75) is 72.3 Å². The molecule has 0 unspecified atom stereocenters. The molecule has 5 nitrogen and oxygen atoms in total. The van der Waals surface area contributed by atoms with Crippen molar-refractivity contribution in [1.29, 1.82) is 0 Å². The fourth-order valence-corrected chi connectivity index (χ4v) is 6.56. The van der Waals surface area contributed by atoms with Gasteiger partial charge in [0.05, 0.1) is 13.2 Å². The largest absolute Gasteiger partial charge is 0.501 e.